The van der Waals surface area contributed by atoms with E-state index in [1.807, 2.05) is 19.1 Å². The summed E-state index contributed by atoms with van der Waals surface area (Å²) in [5.74, 6) is 0.580. The van der Waals surface area contributed by atoms with Gasteiger partial charge < -0.3 is 10.1 Å². The second-order valence-corrected chi connectivity index (χ2v) is 6.91. The standard InChI is InChI=1S/C19H21ClN2O2S/c1-12(2)11-24-17-7-5-4-6-15(17)18(23)22-19(25)21-16-10-14(20)9-8-13(16)3/h4-10,12H,11H2,1-3H3,(H2,21,22,23,25). The van der Waals surface area contributed by atoms with Gasteiger partial charge in [0, 0.05) is 10.7 Å². The molecule has 2 N–H and O–H groups in total. The van der Waals surface area contributed by atoms with Gasteiger partial charge in [0.1, 0.15) is 5.75 Å². The number of hydrogen-bond acceptors (Lipinski definition) is 3. The average molecular weight is 377 g/mol. The number of halogens is 1. The molecule has 0 spiro atoms. The molecule has 0 radical (unpaired) electrons. The van der Waals surface area contributed by atoms with Crippen LogP contribution in [0.5, 0.6) is 5.75 Å². The minimum Gasteiger partial charge on any atom is -0.492 e. The van der Waals surface area contributed by atoms with Gasteiger partial charge in [-0.1, -0.05) is 43.6 Å². The second kappa shape index (κ2) is 8.83. The van der Waals surface area contributed by atoms with E-state index >= 15 is 0 Å². The zero-order chi connectivity index (χ0) is 18.4. The number of para-hydroxylation sites is 1. The summed E-state index contributed by atoms with van der Waals surface area (Å²) in [6, 6.07) is 12.5. The number of anilines is 1. The molecule has 0 saturated heterocycles. The third-order valence-corrected chi connectivity index (χ3v) is 3.82. The molecule has 0 fully saturated rings. The van der Waals surface area contributed by atoms with Crippen LogP contribution in [0, 0.1) is 12.8 Å². The van der Waals surface area contributed by atoms with Crippen molar-refractivity contribution < 1.29 is 9.53 Å². The monoisotopic (exact) mass is 376 g/mol. The number of carbonyl (C=O) groups excluding carboxylic acids is 1. The van der Waals surface area contributed by atoms with Crippen molar-refractivity contribution in [2.24, 2.45) is 5.92 Å². The molecule has 25 heavy (non-hydrogen) atoms. The lowest BCUT2D eigenvalue weighted by Gasteiger charge is -2.15. The van der Waals surface area contributed by atoms with Gasteiger partial charge in [0.2, 0.25) is 0 Å². The maximum Gasteiger partial charge on any atom is 0.261 e. The van der Waals surface area contributed by atoms with E-state index in [0.29, 0.717) is 28.9 Å². The molecule has 0 aliphatic rings. The van der Waals surface area contributed by atoms with Crippen molar-refractivity contribution in [2.75, 3.05) is 11.9 Å². The number of amides is 1. The van der Waals surface area contributed by atoms with E-state index in [1.54, 1.807) is 30.3 Å². The van der Waals surface area contributed by atoms with E-state index in [9.17, 15) is 4.79 Å². The third kappa shape index (κ3) is 5.73. The molecule has 0 atom stereocenters. The third-order valence-electron chi connectivity index (χ3n) is 3.38. The van der Waals surface area contributed by atoms with Gasteiger partial charge in [-0.3, -0.25) is 10.1 Å². The fourth-order valence-corrected chi connectivity index (χ4v) is 2.46. The number of rotatable bonds is 5. The lowest BCUT2D eigenvalue weighted by atomic mass is 10.2. The Labute approximate surface area is 158 Å². The van der Waals surface area contributed by atoms with Crippen LogP contribution < -0.4 is 15.4 Å². The maximum absolute atomic E-state index is 12.5. The van der Waals surface area contributed by atoms with Gasteiger partial charge in [0.15, 0.2) is 5.11 Å². The highest BCUT2D eigenvalue weighted by atomic mass is 35.5. The number of thiocarbonyl (C=S) groups is 1. The lowest BCUT2D eigenvalue weighted by molar-refractivity contribution is 0.0973. The molecule has 0 saturated carbocycles. The van der Waals surface area contributed by atoms with Gasteiger partial charge in [-0.25, -0.2) is 0 Å². The van der Waals surface area contributed by atoms with Gasteiger partial charge in [-0.2, -0.15) is 0 Å². The molecule has 0 aliphatic heterocycles. The van der Waals surface area contributed by atoms with Gasteiger partial charge in [0.05, 0.1) is 12.2 Å². The molecule has 4 nitrogen and oxygen atoms in total. The van der Waals surface area contributed by atoms with E-state index in [1.165, 1.54) is 0 Å². The smallest absolute Gasteiger partial charge is 0.261 e. The van der Waals surface area contributed by atoms with Crippen LogP contribution in [0.4, 0.5) is 5.69 Å². The second-order valence-electron chi connectivity index (χ2n) is 6.07. The van der Waals surface area contributed by atoms with Crippen LogP contribution in [0.25, 0.3) is 0 Å². The molecule has 1 amide bonds. The zero-order valence-electron chi connectivity index (χ0n) is 14.4. The minimum absolute atomic E-state index is 0.203. The van der Waals surface area contributed by atoms with Crippen molar-refractivity contribution in [3.05, 3.63) is 58.6 Å². The number of nitrogens with one attached hydrogen (secondary N) is 2. The van der Waals surface area contributed by atoms with Gasteiger partial charge in [-0.15, -0.1) is 0 Å². The summed E-state index contributed by atoms with van der Waals surface area (Å²) in [7, 11) is 0. The summed E-state index contributed by atoms with van der Waals surface area (Å²) in [6.07, 6.45) is 0. The number of ether oxygens (including phenoxy) is 1. The molecule has 0 aromatic heterocycles. The molecular formula is C19H21ClN2O2S. The predicted molar refractivity (Wildman–Crippen MR) is 107 cm³/mol. The largest absolute Gasteiger partial charge is 0.492 e. The van der Waals surface area contributed by atoms with Crippen LogP contribution >= 0.6 is 23.8 Å². The Morgan fingerprint density at radius 3 is 2.68 bits per heavy atom. The minimum atomic E-state index is -0.323. The van der Waals surface area contributed by atoms with Crippen molar-refractivity contribution in [3.63, 3.8) is 0 Å². The Morgan fingerprint density at radius 1 is 1.24 bits per heavy atom. The Morgan fingerprint density at radius 2 is 1.96 bits per heavy atom. The summed E-state index contributed by atoms with van der Waals surface area (Å²) in [6.45, 7) is 6.57. The van der Waals surface area contributed by atoms with Crippen LogP contribution in [0.2, 0.25) is 5.02 Å². The number of carbonyl (C=O) groups is 1. The quantitative estimate of drug-likeness (QED) is 0.735. The maximum atomic E-state index is 12.5. The van der Waals surface area contributed by atoms with Gasteiger partial charge in [-0.05, 0) is 54.9 Å². The first-order valence-corrected chi connectivity index (χ1v) is 8.75. The van der Waals surface area contributed by atoms with Crippen LogP contribution in [0.15, 0.2) is 42.5 Å². The molecule has 2 rings (SSSR count). The molecule has 6 heteroatoms. The topological polar surface area (TPSA) is 50.4 Å². The van der Waals surface area contributed by atoms with E-state index in [2.05, 4.69) is 24.5 Å². The average Bonchev–Trinajstić information content (AvgIpc) is 2.56. The Bertz CT molecular complexity index is 778. The SMILES string of the molecule is Cc1ccc(Cl)cc1NC(=S)NC(=O)c1ccccc1OCC(C)C. The highest BCUT2D eigenvalue weighted by Gasteiger charge is 2.14. The Kier molecular flexibility index (Phi) is 6.79. The highest BCUT2D eigenvalue weighted by molar-refractivity contribution is 7.80. The number of benzene rings is 2. The summed E-state index contributed by atoms with van der Waals surface area (Å²) < 4.78 is 5.71. The summed E-state index contributed by atoms with van der Waals surface area (Å²) >= 11 is 11.2. The lowest BCUT2D eigenvalue weighted by Crippen LogP contribution is -2.34. The van der Waals surface area contributed by atoms with Crippen molar-refractivity contribution in [3.8, 4) is 5.75 Å². The molecular weight excluding hydrogens is 356 g/mol. The van der Waals surface area contributed by atoms with E-state index < -0.39 is 0 Å². The molecule has 132 valence electrons. The Hall–Kier alpha value is -2.11. The predicted octanol–water partition coefficient (Wildman–Crippen LogP) is 4.81. The number of hydrogen-bond donors (Lipinski definition) is 2. The van der Waals surface area contributed by atoms with Gasteiger partial charge >= 0.3 is 0 Å². The molecule has 0 aliphatic carbocycles. The number of aryl methyl sites for hydroxylation is 1. The molecule has 0 heterocycles. The van der Waals surface area contributed by atoms with Crippen LogP contribution in [0.1, 0.15) is 29.8 Å². The zero-order valence-corrected chi connectivity index (χ0v) is 16.0. The van der Waals surface area contributed by atoms with Crippen molar-refractivity contribution in [1.29, 1.82) is 0 Å². The fourth-order valence-electron chi connectivity index (χ4n) is 2.09. The van der Waals surface area contributed by atoms with E-state index in [-0.39, 0.29) is 11.0 Å². The summed E-state index contributed by atoms with van der Waals surface area (Å²) in [4.78, 5) is 12.5. The van der Waals surface area contributed by atoms with Crippen molar-refractivity contribution in [1.82, 2.24) is 5.32 Å². The van der Waals surface area contributed by atoms with E-state index in [0.717, 1.165) is 11.3 Å². The van der Waals surface area contributed by atoms with Crippen molar-refractivity contribution in [2.45, 2.75) is 20.8 Å². The first-order chi connectivity index (χ1) is 11.9. The normalized spacial score (nSPS) is 10.4. The first kappa shape index (κ1) is 19.2. The van der Waals surface area contributed by atoms with Crippen LogP contribution in [-0.2, 0) is 0 Å². The molecule has 2 aromatic carbocycles. The van der Waals surface area contributed by atoms with Gasteiger partial charge in [0.25, 0.3) is 5.91 Å². The molecule has 0 bridgehead atoms. The Balaban J connectivity index is 2.06. The first-order valence-electron chi connectivity index (χ1n) is 7.97. The van der Waals surface area contributed by atoms with E-state index in [4.69, 9.17) is 28.6 Å². The molecule has 0 unspecified atom stereocenters. The molecule has 2 aromatic rings. The fraction of sp³-hybridized carbons (Fsp3) is 0.263. The summed E-state index contributed by atoms with van der Waals surface area (Å²) in [5.41, 5.74) is 2.17. The summed E-state index contributed by atoms with van der Waals surface area (Å²) in [5, 5.41) is 6.47. The van der Waals surface area contributed by atoms with Crippen LogP contribution in [0.3, 0.4) is 0 Å². The van der Waals surface area contributed by atoms with Crippen molar-refractivity contribution >= 4 is 40.5 Å². The highest BCUT2D eigenvalue weighted by Crippen LogP contribution is 2.21. The van der Waals surface area contributed by atoms with Crippen LogP contribution in [-0.4, -0.2) is 17.6 Å².